The highest BCUT2D eigenvalue weighted by Crippen LogP contribution is 2.27. The van der Waals surface area contributed by atoms with Gasteiger partial charge in [-0.3, -0.25) is 0 Å². The molecule has 1 aromatic carbocycles. The third-order valence-corrected chi connectivity index (χ3v) is 3.85. The first kappa shape index (κ1) is 12.5. The van der Waals surface area contributed by atoms with Gasteiger partial charge in [-0.1, -0.05) is 17.7 Å². The number of rotatable bonds is 3. The van der Waals surface area contributed by atoms with E-state index in [4.69, 9.17) is 17.3 Å². The summed E-state index contributed by atoms with van der Waals surface area (Å²) in [5, 5.41) is 7.04. The van der Waals surface area contributed by atoms with Gasteiger partial charge >= 0.3 is 0 Å². The number of nitrogens with one attached hydrogen (secondary N) is 1. The largest absolute Gasteiger partial charge is 0.398 e. The molecule has 0 fully saturated rings. The van der Waals surface area contributed by atoms with Crippen molar-refractivity contribution >= 4 is 33.3 Å². The standard InChI is InChI=1S/C9H8ClN5O2S/c10-6-2-1-3-7(11)8(6)18(16,17)15-9-12-4-5-13-14-9/h1-5H,11H2,(H,12,14,15). The van der Waals surface area contributed by atoms with E-state index in [1.165, 1.54) is 24.5 Å². The van der Waals surface area contributed by atoms with Gasteiger partial charge in [0, 0.05) is 0 Å². The average Bonchev–Trinajstić information content (AvgIpc) is 2.28. The molecule has 0 aliphatic heterocycles. The van der Waals surface area contributed by atoms with Crippen LogP contribution in [0.3, 0.4) is 0 Å². The second-order valence-corrected chi connectivity index (χ2v) is 5.26. The summed E-state index contributed by atoms with van der Waals surface area (Å²) in [4.78, 5) is 3.49. The minimum Gasteiger partial charge on any atom is -0.398 e. The number of hydrogen-bond donors (Lipinski definition) is 2. The van der Waals surface area contributed by atoms with E-state index >= 15 is 0 Å². The fourth-order valence-corrected chi connectivity index (χ4v) is 2.90. The van der Waals surface area contributed by atoms with Gasteiger partial charge < -0.3 is 5.73 Å². The van der Waals surface area contributed by atoms with Gasteiger partial charge in [-0.2, -0.15) is 5.10 Å². The number of nitrogen functional groups attached to an aromatic ring is 1. The minimum atomic E-state index is -3.95. The predicted octanol–water partition coefficient (Wildman–Crippen LogP) is 0.908. The van der Waals surface area contributed by atoms with E-state index in [0.717, 1.165) is 0 Å². The summed E-state index contributed by atoms with van der Waals surface area (Å²) < 4.78 is 26.3. The van der Waals surface area contributed by atoms with E-state index in [1.54, 1.807) is 6.07 Å². The van der Waals surface area contributed by atoms with E-state index < -0.39 is 10.0 Å². The van der Waals surface area contributed by atoms with Crippen molar-refractivity contribution in [2.75, 3.05) is 10.5 Å². The highest BCUT2D eigenvalue weighted by Gasteiger charge is 2.22. The van der Waals surface area contributed by atoms with Gasteiger partial charge in [0.05, 0.1) is 23.1 Å². The van der Waals surface area contributed by atoms with Gasteiger partial charge in [0.25, 0.3) is 16.0 Å². The van der Waals surface area contributed by atoms with E-state index in [0.29, 0.717) is 0 Å². The number of nitrogens with two attached hydrogens (primary N) is 1. The summed E-state index contributed by atoms with van der Waals surface area (Å²) in [6.07, 6.45) is 2.63. The Kier molecular flexibility index (Phi) is 3.30. The number of benzene rings is 1. The second kappa shape index (κ2) is 4.75. The molecule has 0 atom stereocenters. The molecule has 3 N–H and O–H groups in total. The number of aromatic nitrogens is 3. The molecule has 0 amide bonds. The molecule has 0 bridgehead atoms. The summed E-state index contributed by atoms with van der Waals surface area (Å²) >= 11 is 5.82. The molecule has 2 rings (SSSR count). The van der Waals surface area contributed by atoms with E-state index in [-0.39, 0.29) is 21.6 Å². The quantitative estimate of drug-likeness (QED) is 0.811. The van der Waals surface area contributed by atoms with Crippen molar-refractivity contribution in [2.45, 2.75) is 4.90 Å². The van der Waals surface area contributed by atoms with Crippen molar-refractivity contribution in [2.24, 2.45) is 0 Å². The SMILES string of the molecule is Nc1cccc(Cl)c1S(=O)(=O)Nc1nccnn1. The van der Waals surface area contributed by atoms with Gasteiger partial charge in [0.15, 0.2) is 0 Å². The van der Waals surface area contributed by atoms with Crippen molar-refractivity contribution in [3.63, 3.8) is 0 Å². The van der Waals surface area contributed by atoms with Crippen LogP contribution in [-0.2, 0) is 10.0 Å². The first-order valence-electron chi connectivity index (χ1n) is 4.71. The lowest BCUT2D eigenvalue weighted by atomic mass is 10.3. The lowest BCUT2D eigenvalue weighted by molar-refractivity contribution is 0.601. The summed E-state index contributed by atoms with van der Waals surface area (Å²) in [6, 6.07) is 4.42. The van der Waals surface area contributed by atoms with Crippen LogP contribution in [0, 0.1) is 0 Å². The molecule has 0 aliphatic carbocycles. The second-order valence-electron chi connectivity index (χ2n) is 3.23. The molecule has 18 heavy (non-hydrogen) atoms. The van der Waals surface area contributed by atoms with Gasteiger partial charge in [0.1, 0.15) is 4.90 Å². The lowest BCUT2D eigenvalue weighted by Crippen LogP contribution is -2.17. The predicted molar refractivity (Wildman–Crippen MR) is 66.5 cm³/mol. The number of halogens is 1. The van der Waals surface area contributed by atoms with E-state index in [9.17, 15) is 8.42 Å². The maximum Gasteiger partial charge on any atom is 0.267 e. The minimum absolute atomic E-state index is 0.0198. The smallest absolute Gasteiger partial charge is 0.267 e. The molecule has 7 nitrogen and oxygen atoms in total. The lowest BCUT2D eigenvalue weighted by Gasteiger charge is -2.09. The normalized spacial score (nSPS) is 11.2. The molecular formula is C9H8ClN5O2S. The van der Waals surface area contributed by atoms with Crippen LogP contribution < -0.4 is 10.5 Å². The van der Waals surface area contributed by atoms with Crippen LogP contribution in [0.5, 0.6) is 0 Å². The monoisotopic (exact) mass is 285 g/mol. The van der Waals surface area contributed by atoms with Crippen LogP contribution in [0.15, 0.2) is 35.5 Å². The Morgan fingerprint density at radius 3 is 2.67 bits per heavy atom. The fraction of sp³-hybridized carbons (Fsp3) is 0. The van der Waals surface area contributed by atoms with Crippen molar-refractivity contribution in [3.05, 3.63) is 35.6 Å². The molecule has 1 heterocycles. The highest BCUT2D eigenvalue weighted by molar-refractivity contribution is 7.93. The van der Waals surface area contributed by atoms with Crippen molar-refractivity contribution < 1.29 is 8.42 Å². The molecule has 0 aliphatic rings. The Hall–Kier alpha value is -1.93. The number of anilines is 2. The van der Waals surface area contributed by atoms with Gasteiger partial charge in [-0.05, 0) is 12.1 Å². The molecule has 0 saturated carbocycles. The zero-order valence-corrected chi connectivity index (χ0v) is 10.5. The van der Waals surface area contributed by atoms with E-state index in [2.05, 4.69) is 19.9 Å². The Labute approximate surface area is 108 Å². The van der Waals surface area contributed by atoms with Crippen LogP contribution in [0.25, 0.3) is 0 Å². The summed E-state index contributed by atoms with van der Waals surface area (Å²) in [7, 11) is -3.95. The summed E-state index contributed by atoms with van der Waals surface area (Å²) in [5.41, 5.74) is 5.64. The first-order valence-corrected chi connectivity index (χ1v) is 6.57. The van der Waals surface area contributed by atoms with Crippen molar-refractivity contribution in [1.29, 1.82) is 0 Å². The van der Waals surface area contributed by atoms with Crippen LogP contribution in [0.1, 0.15) is 0 Å². The Morgan fingerprint density at radius 2 is 2.06 bits per heavy atom. The third kappa shape index (κ3) is 2.49. The molecule has 0 unspecified atom stereocenters. The molecule has 0 saturated heterocycles. The van der Waals surface area contributed by atoms with Gasteiger partial charge in [0.2, 0.25) is 0 Å². The van der Waals surface area contributed by atoms with E-state index in [1.807, 2.05) is 0 Å². The van der Waals surface area contributed by atoms with Crippen LogP contribution in [0.4, 0.5) is 11.6 Å². The zero-order chi connectivity index (χ0) is 13.2. The van der Waals surface area contributed by atoms with Crippen LogP contribution in [0.2, 0.25) is 5.02 Å². The number of hydrogen-bond acceptors (Lipinski definition) is 6. The molecule has 94 valence electrons. The maximum absolute atomic E-state index is 12.1. The first-order chi connectivity index (χ1) is 8.50. The third-order valence-electron chi connectivity index (χ3n) is 1.97. The zero-order valence-electron chi connectivity index (χ0n) is 8.91. The average molecular weight is 286 g/mol. The molecule has 1 aromatic heterocycles. The van der Waals surface area contributed by atoms with Gasteiger partial charge in [-0.15, -0.1) is 5.10 Å². The van der Waals surface area contributed by atoms with Crippen LogP contribution >= 0.6 is 11.6 Å². The Balaban J connectivity index is 2.44. The fourth-order valence-electron chi connectivity index (χ4n) is 1.27. The maximum atomic E-state index is 12.1. The molecule has 2 aromatic rings. The topological polar surface area (TPSA) is 111 Å². The number of sulfonamides is 1. The summed E-state index contributed by atoms with van der Waals surface area (Å²) in [6.45, 7) is 0. The molecular weight excluding hydrogens is 278 g/mol. The molecule has 0 spiro atoms. The molecule has 9 heteroatoms. The number of nitrogens with zero attached hydrogens (tertiary/aromatic N) is 3. The van der Waals surface area contributed by atoms with Crippen LogP contribution in [-0.4, -0.2) is 23.6 Å². The van der Waals surface area contributed by atoms with Crippen molar-refractivity contribution in [1.82, 2.24) is 15.2 Å². The van der Waals surface area contributed by atoms with Crippen molar-refractivity contribution in [3.8, 4) is 0 Å². The van der Waals surface area contributed by atoms with Gasteiger partial charge in [-0.25, -0.2) is 18.1 Å². The highest BCUT2D eigenvalue weighted by atomic mass is 35.5. The molecule has 0 radical (unpaired) electrons. The Morgan fingerprint density at radius 1 is 1.28 bits per heavy atom. The Bertz CT molecular complexity index is 642. The summed E-state index contributed by atoms with van der Waals surface area (Å²) in [5.74, 6) is -0.156.